The van der Waals surface area contributed by atoms with Crippen LogP contribution in [0.25, 0.3) is 10.9 Å². The van der Waals surface area contributed by atoms with Crippen LogP contribution in [0.15, 0.2) is 35.1 Å². The number of hydrogen-bond acceptors (Lipinski definition) is 2. The first kappa shape index (κ1) is 9.71. The minimum Gasteiger partial charge on any atom is -0.494 e. The molecule has 4 heteroatoms. The molecule has 1 aromatic carbocycles. The highest BCUT2D eigenvalue weighted by Gasteiger charge is 1.98. The number of pyridine rings is 1. The maximum Gasteiger partial charge on any atom is 0.248 e. The summed E-state index contributed by atoms with van der Waals surface area (Å²) in [5.41, 5.74) is 0.595. The quantitative estimate of drug-likeness (QED) is 0.681. The van der Waals surface area contributed by atoms with Crippen molar-refractivity contribution in [2.24, 2.45) is 0 Å². The van der Waals surface area contributed by atoms with E-state index in [4.69, 9.17) is 7.48 Å². The van der Waals surface area contributed by atoms with E-state index in [1.54, 1.807) is 12.1 Å². The molecule has 0 aliphatic rings. The Morgan fingerprint density at radius 1 is 1.29 bits per heavy atom. The first-order valence-corrected chi connectivity index (χ1v) is 6.18. The Bertz CT molecular complexity index is 622. The number of ether oxygens (including phenoxy) is 1. The van der Waals surface area contributed by atoms with Crippen molar-refractivity contribution in [3.63, 3.8) is 0 Å². The first-order chi connectivity index (χ1) is 8.94. The molecular formula is C13H14BrNO2. The number of benzene rings is 1. The van der Waals surface area contributed by atoms with Crippen molar-refractivity contribution < 1.29 is 7.48 Å². The molecule has 0 atom stereocenters. The van der Waals surface area contributed by atoms with E-state index in [1.807, 2.05) is 12.1 Å². The zero-order valence-electron chi connectivity index (χ0n) is 11.2. The molecule has 0 amide bonds. The number of rotatable bonds is 5. The second kappa shape index (κ2) is 5.87. The van der Waals surface area contributed by atoms with Gasteiger partial charge in [-0.3, -0.25) is 4.79 Å². The van der Waals surface area contributed by atoms with Gasteiger partial charge in [-0.2, -0.15) is 0 Å². The fraction of sp³-hybridized carbons (Fsp3) is 0.308. The standard InChI is InChI=1S/C13H14BrNO2/c14-7-1-2-8-17-11-5-3-10-4-6-13(16)15-12(10)9-11/h3-6,9H,1-2,7-8H2,(H,15,16)/i7D2. The molecule has 0 bridgehead atoms. The first-order valence-electron chi connectivity index (χ1n) is 6.39. The molecule has 0 aliphatic heterocycles. The number of halogens is 1. The molecule has 0 saturated heterocycles. The average molecular weight is 298 g/mol. The van der Waals surface area contributed by atoms with Crippen molar-refractivity contribution in [3.05, 3.63) is 40.7 Å². The van der Waals surface area contributed by atoms with Gasteiger partial charge in [-0.05, 0) is 36.4 Å². The van der Waals surface area contributed by atoms with Crippen molar-refractivity contribution in [1.29, 1.82) is 0 Å². The summed E-state index contributed by atoms with van der Waals surface area (Å²) in [6.07, 6.45) is 0.999. The van der Waals surface area contributed by atoms with Gasteiger partial charge in [0, 0.05) is 20.2 Å². The van der Waals surface area contributed by atoms with Gasteiger partial charge >= 0.3 is 0 Å². The van der Waals surface area contributed by atoms with Crippen LogP contribution in [0.4, 0.5) is 0 Å². The molecule has 3 nitrogen and oxygen atoms in total. The summed E-state index contributed by atoms with van der Waals surface area (Å²) in [5, 5.41) is -0.394. The number of aromatic nitrogens is 1. The summed E-state index contributed by atoms with van der Waals surface area (Å²) in [6, 6.07) is 8.74. The Hall–Kier alpha value is -1.29. The largest absolute Gasteiger partial charge is 0.494 e. The summed E-state index contributed by atoms with van der Waals surface area (Å²) in [7, 11) is 0. The maximum absolute atomic E-state index is 11.2. The number of alkyl halides is 1. The highest BCUT2D eigenvalue weighted by molar-refractivity contribution is 9.09. The fourth-order valence-corrected chi connectivity index (χ4v) is 1.83. The second-order valence-electron chi connectivity index (χ2n) is 3.66. The van der Waals surface area contributed by atoms with E-state index < -0.39 is 5.28 Å². The minimum absolute atomic E-state index is 0.142. The van der Waals surface area contributed by atoms with E-state index in [1.165, 1.54) is 6.07 Å². The highest BCUT2D eigenvalue weighted by Crippen LogP contribution is 2.18. The Morgan fingerprint density at radius 2 is 2.12 bits per heavy atom. The number of H-pyrrole nitrogens is 1. The van der Waals surface area contributed by atoms with Crippen molar-refractivity contribution in [3.8, 4) is 5.75 Å². The van der Waals surface area contributed by atoms with Crippen LogP contribution in [0.1, 0.15) is 15.6 Å². The van der Waals surface area contributed by atoms with Crippen LogP contribution in [0.5, 0.6) is 5.75 Å². The Morgan fingerprint density at radius 3 is 2.94 bits per heavy atom. The third kappa shape index (κ3) is 3.33. The van der Waals surface area contributed by atoms with Crippen LogP contribution in [0.3, 0.4) is 0 Å². The van der Waals surface area contributed by atoms with E-state index in [-0.39, 0.29) is 5.56 Å². The molecule has 90 valence electrons. The summed E-state index contributed by atoms with van der Waals surface area (Å²) in [5.74, 6) is 0.671. The predicted octanol–water partition coefficient (Wildman–Crippen LogP) is 3.08. The van der Waals surface area contributed by atoms with E-state index in [2.05, 4.69) is 20.9 Å². The molecule has 1 aromatic heterocycles. The Kier molecular flexibility index (Phi) is 3.35. The van der Waals surface area contributed by atoms with Crippen molar-refractivity contribution in [1.82, 2.24) is 4.98 Å². The van der Waals surface area contributed by atoms with Gasteiger partial charge in [0.1, 0.15) is 5.75 Å². The molecule has 0 radical (unpaired) electrons. The summed E-state index contributed by atoms with van der Waals surface area (Å²) < 4.78 is 20.2. The van der Waals surface area contributed by atoms with Crippen LogP contribution >= 0.6 is 15.9 Å². The topological polar surface area (TPSA) is 42.1 Å². The van der Waals surface area contributed by atoms with Crippen LogP contribution in [0.2, 0.25) is 0 Å². The minimum atomic E-state index is -1.34. The number of aromatic amines is 1. The Labute approximate surface area is 111 Å². The van der Waals surface area contributed by atoms with E-state index in [9.17, 15) is 4.79 Å². The van der Waals surface area contributed by atoms with Crippen molar-refractivity contribution >= 4 is 26.8 Å². The smallest absolute Gasteiger partial charge is 0.248 e. The third-order valence-corrected chi connectivity index (χ3v) is 2.78. The lowest BCUT2D eigenvalue weighted by atomic mass is 10.2. The lowest BCUT2D eigenvalue weighted by Crippen LogP contribution is -2.03. The molecular weight excluding hydrogens is 282 g/mol. The van der Waals surface area contributed by atoms with Gasteiger partial charge in [-0.25, -0.2) is 0 Å². The fourth-order valence-electron chi connectivity index (χ4n) is 1.55. The van der Waals surface area contributed by atoms with Crippen LogP contribution < -0.4 is 10.3 Å². The highest BCUT2D eigenvalue weighted by atomic mass is 79.9. The number of nitrogens with one attached hydrogen (secondary N) is 1. The van der Waals surface area contributed by atoms with Gasteiger partial charge < -0.3 is 9.72 Å². The van der Waals surface area contributed by atoms with Gasteiger partial charge in [0.25, 0.3) is 0 Å². The number of fused-ring (bicyclic) bond motifs is 1. The predicted molar refractivity (Wildman–Crippen MR) is 73.1 cm³/mol. The molecule has 17 heavy (non-hydrogen) atoms. The number of hydrogen-bond donors (Lipinski definition) is 1. The van der Waals surface area contributed by atoms with E-state index in [0.717, 1.165) is 10.9 Å². The van der Waals surface area contributed by atoms with Crippen molar-refractivity contribution in [2.45, 2.75) is 12.8 Å². The van der Waals surface area contributed by atoms with Crippen LogP contribution in [-0.2, 0) is 0 Å². The summed E-state index contributed by atoms with van der Waals surface area (Å²) in [6.45, 7) is 0.438. The molecule has 1 N–H and O–H groups in total. The SMILES string of the molecule is [2H]C([2H])(Br)CCCOc1ccc2ccc(=O)[nH]c2c1. The molecule has 0 fully saturated rings. The molecule has 2 aromatic rings. The monoisotopic (exact) mass is 297 g/mol. The van der Waals surface area contributed by atoms with Crippen LogP contribution in [-0.4, -0.2) is 16.9 Å². The second-order valence-corrected chi connectivity index (χ2v) is 4.22. The average Bonchev–Trinajstić information content (AvgIpc) is 2.33. The third-order valence-electron chi connectivity index (χ3n) is 2.38. The molecule has 0 spiro atoms. The van der Waals surface area contributed by atoms with Crippen LogP contribution in [0, 0.1) is 0 Å². The van der Waals surface area contributed by atoms with Crippen molar-refractivity contribution in [2.75, 3.05) is 11.9 Å². The maximum atomic E-state index is 11.2. The molecule has 2 rings (SSSR count). The zero-order valence-corrected chi connectivity index (χ0v) is 10.8. The van der Waals surface area contributed by atoms with Gasteiger partial charge in [-0.15, -0.1) is 0 Å². The molecule has 0 saturated carbocycles. The Balaban J connectivity index is 1.99. The van der Waals surface area contributed by atoms with Gasteiger partial charge in [0.15, 0.2) is 0 Å². The van der Waals surface area contributed by atoms with E-state index in [0.29, 0.717) is 25.2 Å². The lowest BCUT2D eigenvalue weighted by molar-refractivity contribution is 0.310. The lowest BCUT2D eigenvalue weighted by Gasteiger charge is -2.06. The van der Waals surface area contributed by atoms with Gasteiger partial charge in [0.05, 0.1) is 12.1 Å². The van der Waals surface area contributed by atoms with E-state index >= 15 is 0 Å². The normalized spacial score (nSPS) is 13.2. The molecule has 1 heterocycles. The van der Waals surface area contributed by atoms with Gasteiger partial charge in [-0.1, -0.05) is 15.9 Å². The van der Waals surface area contributed by atoms with Gasteiger partial charge in [0.2, 0.25) is 5.56 Å². The summed E-state index contributed by atoms with van der Waals surface area (Å²) in [4.78, 5) is 14.0. The zero-order chi connectivity index (χ0) is 13.9. The summed E-state index contributed by atoms with van der Waals surface area (Å²) >= 11 is 2.94. The molecule has 0 unspecified atom stereocenters. The molecule has 0 aliphatic carbocycles.